The predicted molar refractivity (Wildman–Crippen MR) is 109 cm³/mol. The van der Waals surface area contributed by atoms with Gasteiger partial charge < -0.3 is 20.3 Å². The first-order valence-corrected chi connectivity index (χ1v) is 9.65. The number of aliphatic hydroxyl groups is 1. The molecule has 0 bridgehead atoms. The lowest BCUT2D eigenvalue weighted by Crippen LogP contribution is -2.33. The molecule has 144 valence electrons. The summed E-state index contributed by atoms with van der Waals surface area (Å²) in [5.74, 6) is 1.41. The Bertz CT molecular complexity index is 912. The van der Waals surface area contributed by atoms with Gasteiger partial charge in [0.15, 0.2) is 11.5 Å². The Morgan fingerprint density at radius 1 is 0.821 bits per heavy atom. The SMILES string of the molecule is N[C@@H]1CCc2c(ccc(OCc3ccccc3)c2OCc2ccccc2)C1O. The molecule has 4 rings (SSSR count). The number of rotatable bonds is 6. The van der Waals surface area contributed by atoms with Crippen LogP contribution in [0.4, 0.5) is 0 Å². The normalized spacial score (nSPS) is 18.4. The molecule has 0 radical (unpaired) electrons. The van der Waals surface area contributed by atoms with Gasteiger partial charge in [0.25, 0.3) is 0 Å². The Hall–Kier alpha value is -2.82. The van der Waals surface area contributed by atoms with Gasteiger partial charge in [-0.3, -0.25) is 0 Å². The van der Waals surface area contributed by atoms with Crippen molar-refractivity contribution >= 4 is 0 Å². The van der Waals surface area contributed by atoms with E-state index in [0.717, 1.165) is 35.1 Å². The molecule has 0 saturated carbocycles. The fraction of sp³-hybridized carbons (Fsp3) is 0.250. The van der Waals surface area contributed by atoms with E-state index in [4.69, 9.17) is 15.2 Å². The second-order valence-corrected chi connectivity index (χ2v) is 7.16. The van der Waals surface area contributed by atoms with Crippen LogP contribution in [0.25, 0.3) is 0 Å². The van der Waals surface area contributed by atoms with Crippen LogP contribution < -0.4 is 15.2 Å². The molecule has 0 aromatic heterocycles. The highest BCUT2D eigenvalue weighted by Crippen LogP contribution is 2.41. The summed E-state index contributed by atoms with van der Waals surface area (Å²) in [6, 6.07) is 23.6. The van der Waals surface area contributed by atoms with Crippen LogP contribution in [0.2, 0.25) is 0 Å². The zero-order valence-electron chi connectivity index (χ0n) is 15.8. The largest absolute Gasteiger partial charge is 0.485 e. The maximum Gasteiger partial charge on any atom is 0.165 e. The Kier molecular flexibility index (Phi) is 5.60. The van der Waals surface area contributed by atoms with Crippen molar-refractivity contribution < 1.29 is 14.6 Å². The lowest BCUT2D eigenvalue weighted by atomic mass is 9.85. The maximum absolute atomic E-state index is 10.5. The molecule has 3 N–H and O–H groups in total. The molecule has 0 saturated heterocycles. The van der Waals surface area contributed by atoms with Gasteiger partial charge in [-0.05, 0) is 35.6 Å². The van der Waals surface area contributed by atoms with Gasteiger partial charge in [-0.25, -0.2) is 0 Å². The van der Waals surface area contributed by atoms with Crippen LogP contribution in [0.3, 0.4) is 0 Å². The summed E-state index contributed by atoms with van der Waals surface area (Å²) in [7, 11) is 0. The molecular formula is C24H25NO3. The third-order valence-electron chi connectivity index (χ3n) is 5.18. The molecule has 4 heteroatoms. The second-order valence-electron chi connectivity index (χ2n) is 7.16. The van der Waals surface area contributed by atoms with Crippen LogP contribution in [0.5, 0.6) is 11.5 Å². The molecule has 0 fully saturated rings. The lowest BCUT2D eigenvalue weighted by molar-refractivity contribution is 0.132. The van der Waals surface area contributed by atoms with Crippen molar-refractivity contribution in [2.24, 2.45) is 5.73 Å². The first-order chi connectivity index (χ1) is 13.7. The zero-order chi connectivity index (χ0) is 19.3. The highest BCUT2D eigenvalue weighted by molar-refractivity contribution is 5.53. The van der Waals surface area contributed by atoms with Gasteiger partial charge in [0.05, 0.1) is 6.10 Å². The number of ether oxygens (including phenoxy) is 2. The molecule has 0 heterocycles. The highest BCUT2D eigenvalue weighted by Gasteiger charge is 2.29. The van der Waals surface area contributed by atoms with Gasteiger partial charge in [-0.15, -0.1) is 0 Å². The van der Waals surface area contributed by atoms with Crippen molar-refractivity contribution in [3.8, 4) is 11.5 Å². The molecule has 1 unspecified atom stereocenters. The Morgan fingerprint density at radius 3 is 2.07 bits per heavy atom. The average Bonchev–Trinajstić information content (AvgIpc) is 2.75. The van der Waals surface area contributed by atoms with Gasteiger partial charge in [0.2, 0.25) is 0 Å². The van der Waals surface area contributed by atoms with Gasteiger partial charge in [-0.1, -0.05) is 66.7 Å². The molecule has 0 aliphatic heterocycles. The number of fused-ring (bicyclic) bond motifs is 1. The number of aliphatic hydroxyl groups excluding tert-OH is 1. The summed E-state index contributed by atoms with van der Waals surface area (Å²) >= 11 is 0. The molecule has 0 spiro atoms. The number of benzene rings is 3. The van der Waals surface area contributed by atoms with Crippen LogP contribution in [0.1, 0.15) is 34.8 Å². The smallest absolute Gasteiger partial charge is 0.165 e. The quantitative estimate of drug-likeness (QED) is 0.679. The minimum atomic E-state index is -0.675. The van der Waals surface area contributed by atoms with Crippen molar-refractivity contribution in [2.75, 3.05) is 0 Å². The van der Waals surface area contributed by atoms with E-state index in [9.17, 15) is 5.11 Å². The van der Waals surface area contributed by atoms with Gasteiger partial charge in [-0.2, -0.15) is 0 Å². The van der Waals surface area contributed by atoms with Crippen LogP contribution in [-0.2, 0) is 19.6 Å². The monoisotopic (exact) mass is 375 g/mol. The second kappa shape index (κ2) is 8.46. The van der Waals surface area contributed by atoms with Crippen molar-refractivity contribution in [1.29, 1.82) is 0 Å². The van der Waals surface area contributed by atoms with E-state index in [1.807, 2.05) is 72.8 Å². The summed E-state index contributed by atoms with van der Waals surface area (Å²) in [4.78, 5) is 0. The van der Waals surface area contributed by atoms with Gasteiger partial charge in [0.1, 0.15) is 13.2 Å². The molecule has 2 atom stereocenters. The average molecular weight is 375 g/mol. The lowest BCUT2D eigenvalue weighted by Gasteiger charge is -2.29. The first-order valence-electron chi connectivity index (χ1n) is 9.65. The Balaban J connectivity index is 1.62. The van der Waals surface area contributed by atoms with E-state index in [0.29, 0.717) is 24.7 Å². The predicted octanol–water partition coefficient (Wildman–Crippen LogP) is 4.15. The van der Waals surface area contributed by atoms with Crippen LogP contribution in [0.15, 0.2) is 72.8 Å². The van der Waals surface area contributed by atoms with Crippen LogP contribution >= 0.6 is 0 Å². The molecule has 0 amide bonds. The van der Waals surface area contributed by atoms with Crippen molar-refractivity contribution in [3.63, 3.8) is 0 Å². The minimum absolute atomic E-state index is 0.245. The summed E-state index contributed by atoms with van der Waals surface area (Å²) in [6.45, 7) is 0.907. The van der Waals surface area contributed by atoms with Gasteiger partial charge >= 0.3 is 0 Å². The van der Waals surface area contributed by atoms with Crippen molar-refractivity contribution in [1.82, 2.24) is 0 Å². The van der Waals surface area contributed by atoms with E-state index in [2.05, 4.69) is 0 Å². The van der Waals surface area contributed by atoms with E-state index >= 15 is 0 Å². The van der Waals surface area contributed by atoms with E-state index in [-0.39, 0.29) is 6.04 Å². The fourth-order valence-electron chi connectivity index (χ4n) is 3.59. The Morgan fingerprint density at radius 2 is 1.43 bits per heavy atom. The molecular weight excluding hydrogens is 350 g/mol. The van der Waals surface area contributed by atoms with E-state index in [1.165, 1.54) is 0 Å². The summed E-state index contributed by atoms with van der Waals surface area (Å²) in [5.41, 5.74) is 10.1. The van der Waals surface area contributed by atoms with Crippen LogP contribution in [0, 0.1) is 0 Å². The maximum atomic E-state index is 10.5. The Labute approximate surface area is 165 Å². The summed E-state index contributed by atoms with van der Waals surface area (Å²) < 4.78 is 12.3. The molecule has 3 aromatic rings. The van der Waals surface area contributed by atoms with E-state index in [1.54, 1.807) is 0 Å². The molecule has 3 aromatic carbocycles. The van der Waals surface area contributed by atoms with Crippen molar-refractivity contribution in [3.05, 3.63) is 95.1 Å². The summed E-state index contributed by atoms with van der Waals surface area (Å²) in [5, 5.41) is 10.5. The fourth-order valence-corrected chi connectivity index (χ4v) is 3.59. The van der Waals surface area contributed by atoms with Gasteiger partial charge in [0, 0.05) is 11.6 Å². The number of hydrogen-bond donors (Lipinski definition) is 2. The van der Waals surface area contributed by atoms with E-state index < -0.39 is 6.10 Å². The number of hydrogen-bond acceptors (Lipinski definition) is 4. The number of nitrogens with two attached hydrogens (primary N) is 1. The topological polar surface area (TPSA) is 64.7 Å². The zero-order valence-corrected chi connectivity index (χ0v) is 15.8. The molecule has 28 heavy (non-hydrogen) atoms. The standard InChI is InChI=1S/C24H25NO3/c25-21-13-11-20-19(23(21)26)12-14-22(27-15-17-7-3-1-4-8-17)24(20)28-16-18-9-5-2-6-10-18/h1-10,12,14,21,23,26H,11,13,15-16,25H2/t21-,23?/m1/s1. The molecule has 1 aliphatic carbocycles. The molecule has 1 aliphatic rings. The van der Waals surface area contributed by atoms with Crippen LogP contribution in [-0.4, -0.2) is 11.1 Å². The highest BCUT2D eigenvalue weighted by atomic mass is 16.5. The molecule has 4 nitrogen and oxygen atoms in total. The van der Waals surface area contributed by atoms with Crippen molar-refractivity contribution in [2.45, 2.75) is 38.2 Å². The summed E-state index contributed by atoms with van der Waals surface area (Å²) in [6.07, 6.45) is 0.809. The third-order valence-corrected chi connectivity index (χ3v) is 5.18. The first kappa shape index (κ1) is 18.5. The minimum Gasteiger partial charge on any atom is -0.485 e. The third kappa shape index (κ3) is 4.03.